The molecule has 0 aliphatic heterocycles. The van der Waals surface area contributed by atoms with Gasteiger partial charge in [0.1, 0.15) is 10.8 Å². The van der Waals surface area contributed by atoms with E-state index in [2.05, 4.69) is 4.98 Å². The van der Waals surface area contributed by atoms with Crippen molar-refractivity contribution in [2.24, 2.45) is 0 Å². The van der Waals surface area contributed by atoms with Gasteiger partial charge in [-0.05, 0) is 55.5 Å². The highest BCUT2D eigenvalue weighted by Gasteiger charge is 2.20. The van der Waals surface area contributed by atoms with Crippen molar-refractivity contribution in [3.8, 4) is 16.3 Å². The van der Waals surface area contributed by atoms with Crippen LogP contribution in [0.4, 0.5) is 0 Å². The topological polar surface area (TPSA) is 56.3 Å². The lowest BCUT2D eigenvalue weighted by Crippen LogP contribution is -2.08. The number of carbonyl (C=O) groups excluding carboxylic acids is 2. The summed E-state index contributed by atoms with van der Waals surface area (Å²) in [5, 5.41) is 1.29. The van der Waals surface area contributed by atoms with Gasteiger partial charge in [-0.2, -0.15) is 0 Å². The van der Waals surface area contributed by atoms with E-state index in [-0.39, 0.29) is 18.0 Å². The van der Waals surface area contributed by atoms with Crippen molar-refractivity contribution in [3.63, 3.8) is 0 Å². The van der Waals surface area contributed by atoms with Gasteiger partial charge in [0.05, 0.1) is 24.1 Å². The Bertz CT molecular complexity index is 946. The van der Waals surface area contributed by atoms with Crippen molar-refractivity contribution in [3.05, 3.63) is 69.7 Å². The lowest BCUT2D eigenvalue weighted by Gasteiger charge is -2.01. The molecule has 0 unspecified atom stereocenters. The van der Waals surface area contributed by atoms with Crippen LogP contribution in [0.3, 0.4) is 0 Å². The Morgan fingerprint density at radius 2 is 1.69 bits per heavy atom. The Balaban J connectivity index is 1.78. The molecule has 3 rings (SSSR count). The quantitative estimate of drug-likeness (QED) is 0.430. The van der Waals surface area contributed by atoms with Crippen LogP contribution in [0.5, 0.6) is 5.75 Å². The molecule has 1 aromatic heterocycles. The Hall–Kier alpha value is -2.50. The van der Waals surface area contributed by atoms with Gasteiger partial charge in [-0.25, -0.2) is 4.98 Å². The first-order valence-corrected chi connectivity index (χ1v) is 9.11. The molecule has 132 valence electrons. The van der Waals surface area contributed by atoms with Gasteiger partial charge in [-0.3, -0.25) is 9.59 Å². The number of methoxy groups -OCH3 is 1. The van der Waals surface area contributed by atoms with E-state index in [0.29, 0.717) is 21.2 Å². The standard InChI is InChI=1S/C20H16ClNO3S/c1-12-19(18(24)11-17(23)13-3-7-15(21)8-4-13)26-20(22-12)14-5-9-16(25-2)10-6-14/h3-10H,11H2,1-2H3. The number of nitrogens with zero attached hydrogens (tertiary/aromatic N) is 1. The summed E-state index contributed by atoms with van der Waals surface area (Å²) in [7, 11) is 1.61. The summed E-state index contributed by atoms with van der Waals surface area (Å²) in [6.07, 6.45) is -0.188. The number of aromatic nitrogens is 1. The second-order valence-corrected chi connectivity index (χ2v) is 7.13. The van der Waals surface area contributed by atoms with Crippen LogP contribution >= 0.6 is 22.9 Å². The fraction of sp³-hybridized carbons (Fsp3) is 0.150. The molecular formula is C20H16ClNO3S. The third kappa shape index (κ3) is 4.00. The van der Waals surface area contributed by atoms with Crippen molar-refractivity contribution < 1.29 is 14.3 Å². The van der Waals surface area contributed by atoms with E-state index >= 15 is 0 Å². The summed E-state index contributed by atoms with van der Waals surface area (Å²) in [6, 6.07) is 14.0. The molecule has 0 radical (unpaired) electrons. The Morgan fingerprint density at radius 3 is 2.31 bits per heavy atom. The van der Waals surface area contributed by atoms with E-state index in [1.165, 1.54) is 11.3 Å². The predicted molar refractivity (Wildman–Crippen MR) is 104 cm³/mol. The minimum absolute atomic E-state index is 0.188. The number of benzene rings is 2. The SMILES string of the molecule is COc1ccc(-c2nc(C)c(C(=O)CC(=O)c3ccc(Cl)cc3)s2)cc1. The number of thiazole rings is 1. The number of carbonyl (C=O) groups is 2. The maximum absolute atomic E-state index is 12.6. The Kier molecular flexibility index (Phi) is 5.49. The molecule has 6 heteroatoms. The second kappa shape index (κ2) is 7.81. The summed E-state index contributed by atoms with van der Waals surface area (Å²) in [5.41, 5.74) is 2.01. The molecule has 0 fully saturated rings. The lowest BCUT2D eigenvalue weighted by atomic mass is 10.1. The number of Topliss-reactive ketones (excluding diaryl/α,β-unsaturated/α-hetero) is 2. The van der Waals surface area contributed by atoms with Crippen molar-refractivity contribution in [2.45, 2.75) is 13.3 Å². The molecule has 0 aliphatic carbocycles. The average molecular weight is 386 g/mol. The van der Waals surface area contributed by atoms with E-state index in [1.807, 2.05) is 24.3 Å². The summed E-state index contributed by atoms with van der Waals surface area (Å²) < 4.78 is 5.15. The van der Waals surface area contributed by atoms with E-state index in [4.69, 9.17) is 16.3 Å². The zero-order valence-electron chi connectivity index (χ0n) is 14.3. The molecular weight excluding hydrogens is 370 g/mol. The van der Waals surface area contributed by atoms with Gasteiger partial charge in [0.2, 0.25) is 0 Å². The number of halogens is 1. The number of hydrogen-bond acceptors (Lipinski definition) is 5. The maximum atomic E-state index is 12.6. The first kappa shape index (κ1) is 18.3. The monoisotopic (exact) mass is 385 g/mol. The predicted octanol–water partition coefficient (Wildman–Crippen LogP) is 5.24. The summed E-state index contributed by atoms with van der Waals surface area (Å²) in [4.78, 5) is 29.9. The molecule has 0 saturated carbocycles. The van der Waals surface area contributed by atoms with Gasteiger partial charge in [0, 0.05) is 16.1 Å². The van der Waals surface area contributed by atoms with Gasteiger partial charge in [0.25, 0.3) is 0 Å². The van der Waals surface area contributed by atoms with Crippen LogP contribution in [0.1, 0.15) is 32.1 Å². The first-order chi connectivity index (χ1) is 12.5. The van der Waals surface area contributed by atoms with Crippen LogP contribution < -0.4 is 4.74 Å². The van der Waals surface area contributed by atoms with E-state index in [0.717, 1.165) is 16.3 Å². The highest BCUT2D eigenvalue weighted by atomic mass is 35.5. The van der Waals surface area contributed by atoms with Gasteiger partial charge >= 0.3 is 0 Å². The molecule has 1 heterocycles. The molecule has 0 amide bonds. The molecule has 0 aliphatic rings. The number of ether oxygens (including phenoxy) is 1. The summed E-state index contributed by atoms with van der Waals surface area (Å²) >= 11 is 7.13. The summed E-state index contributed by atoms with van der Waals surface area (Å²) in [5.74, 6) is 0.303. The molecule has 26 heavy (non-hydrogen) atoms. The Morgan fingerprint density at radius 1 is 1.04 bits per heavy atom. The highest BCUT2D eigenvalue weighted by Crippen LogP contribution is 2.30. The van der Waals surface area contributed by atoms with Crippen LogP contribution in [0.25, 0.3) is 10.6 Å². The zero-order valence-corrected chi connectivity index (χ0v) is 15.9. The van der Waals surface area contributed by atoms with Crippen LogP contribution in [0, 0.1) is 6.92 Å². The highest BCUT2D eigenvalue weighted by molar-refractivity contribution is 7.17. The molecule has 3 aromatic rings. The van der Waals surface area contributed by atoms with Crippen LogP contribution in [-0.4, -0.2) is 23.7 Å². The fourth-order valence-electron chi connectivity index (χ4n) is 2.48. The number of hydrogen-bond donors (Lipinski definition) is 0. The van der Waals surface area contributed by atoms with Crippen molar-refractivity contribution in [2.75, 3.05) is 7.11 Å². The summed E-state index contributed by atoms with van der Waals surface area (Å²) in [6.45, 7) is 1.78. The fourth-order valence-corrected chi connectivity index (χ4v) is 3.61. The number of rotatable bonds is 6. The molecule has 0 atom stereocenters. The second-order valence-electron chi connectivity index (χ2n) is 5.69. The van der Waals surface area contributed by atoms with Crippen molar-refractivity contribution >= 4 is 34.5 Å². The number of aryl methyl sites for hydroxylation is 1. The van der Waals surface area contributed by atoms with Gasteiger partial charge in [-0.1, -0.05) is 11.6 Å². The van der Waals surface area contributed by atoms with Crippen LogP contribution in [-0.2, 0) is 0 Å². The van der Waals surface area contributed by atoms with Crippen molar-refractivity contribution in [1.29, 1.82) is 0 Å². The first-order valence-electron chi connectivity index (χ1n) is 7.91. The average Bonchev–Trinajstić information content (AvgIpc) is 3.04. The zero-order chi connectivity index (χ0) is 18.7. The van der Waals surface area contributed by atoms with Gasteiger partial charge < -0.3 is 4.74 Å². The van der Waals surface area contributed by atoms with Crippen LogP contribution in [0.2, 0.25) is 5.02 Å². The third-order valence-corrected chi connectivity index (χ3v) is 5.37. The van der Waals surface area contributed by atoms with Crippen LogP contribution in [0.15, 0.2) is 48.5 Å². The molecule has 4 nitrogen and oxygen atoms in total. The lowest BCUT2D eigenvalue weighted by molar-refractivity contribution is 0.0896. The molecule has 0 saturated heterocycles. The minimum Gasteiger partial charge on any atom is -0.497 e. The Labute approximate surface area is 160 Å². The van der Waals surface area contributed by atoms with E-state index in [9.17, 15) is 9.59 Å². The third-order valence-electron chi connectivity index (χ3n) is 3.87. The van der Waals surface area contributed by atoms with Gasteiger partial charge in [-0.15, -0.1) is 11.3 Å². The normalized spacial score (nSPS) is 10.6. The molecule has 0 spiro atoms. The van der Waals surface area contributed by atoms with Crippen molar-refractivity contribution in [1.82, 2.24) is 4.98 Å². The van der Waals surface area contributed by atoms with E-state index in [1.54, 1.807) is 38.3 Å². The number of ketones is 2. The molecule has 2 aromatic carbocycles. The maximum Gasteiger partial charge on any atom is 0.182 e. The van der Waals surface area contributed by atoms with E-state index < -0.39 is 0 Å². The molecule has 0 bridgehead atoms. The molecule has 0 N–H and O–H groups in total. The van der Waals surface area contributed by atoms with Gasteiger partial charge in [0.15, 0.2) is 11.6 Å². The smallest absolute Gasteiger partial charge is 0.182 e. The largest absolute Gasteiger partial charge is 0.497 e. The minimum atomic E-state index is -0.231.